The quantitative estimate of drug-likeness (QED) is 0.141. The number of rotatable bonds is 10. The van der Waals surface area contributed by atoms with Gasteiger partial charge in [-0.25, -0.2) is 4.79 Å². The summed E-state index contributed by atoms with van der Waals surface area (Å²) in [6, 6.07) is 26.1. The van der Waals surface area contributed by atoms with Crippen LogP contribution in [0, 0.1) is 10.1 Å². The molecule has 0 aliphatic rings. The monoisotopic (exact) mass is 514 g/mol. The Morgan fingerprint density at radius 2 is 1.59 bits per heavy atom. The van der Waals surface area contributed by atoms with Crippen LogP contribution in [-0.2, 0) is 6.61 Å². The zero-order chi connectivity index (χ0) is 26.2. The molecule has 0 unspecified atom stereocenters. The van der Waals surface area contributed by atoms with Crippen molar-refractivity contribution in [3.8, 4) is 11.5 Å². The van der Waals surface area contributed by atoms with E-state index in [-0.39, 0.29) is 17.9 Å². The number of hydrogen-bond donors (Lipinski definition) is 1. The van der Waals surface area contributed by atoms with Crippen molar-refractivity contribution in [2.45, 2.75) is 16.4 Å². The maximum absolute atomic E-state index is 11.0. The first-order chi connectivity index (χ1) is 17.9. The van der Waals surface area contributed by atoms with Crippen molar-refractivity contribution in [2.75, 3.05) is 7.11 Å². The lowest BCUT2D eigenvalue weighted by molar-refractivity contribution is -0.384. The van der Waals surface area contributed by atoms with Gasteiger partial charge in [0.15, 0.2) is 11.5 Å². The second-order valence-electron chi connectivity index (χ2n) is 7.81. The van der Waals surface area contributed by atoms with Crippen molar-refractivity contribution in [3.63, 3.8) is 0 Å². The maximum Gasteiger partial charge on any atom is 0.335 e. The number of aliphatic imine (C=N–C) groups is 1. The Morgan fingerprint density at radius 3 is 2.19 bits per heavy atom. The largest absolute Gasteiger partial charge is 0.493 e. The van der Waals surface area contributed by atoms with Crippen molar-refractivity contribution in [2.24, 2.45) is 4.99 Å². The van der Waals surface area contributed by atoms with E-state index >= 15 is 0 Å². The summed E-state index contributed by atoms with van der Waals surface area (Å²) in [4.78, 5) is 27.8. The second-order valence-corrected chi connectivity index (χ2v) is 8.95. The Labute approximate surface area is 217 Å². The van der Waals surface area contributed by atoms with Gasteiger partial charge in [0.25, 0.3) is 5.69 Å². The molecule has 0 spiro atoms. The molecule has 1 N–H and O–H groups in total. The van der Waals surface area contributed by atoms with E-state index < -0.39 is 10.9 Å². The average molecular weight is 515 g/mol. The van der Waals surface area contributed by atoms with Crippen LogP contribution in [0.15, 0.2) is 106 Å². The van der Waals surface area contributed by atoms with E-state index in [9.17, 15) is 14.9 Å². The summed E-state index contributed by atoms with van der Waals surface area (Å²) in [5.74, 6) is 0.152. The highest BCUT2D eigenvalue weighted by atomic mass is 32.2. The van der Waals surface area contributed by atoms with Gasteiger partial charge in [0, 0.05) is 28.1 Å². The first kappa shape index (κ1) is 25.5. The molecule has 0 aliphatic heterocycles. The number of carboxylic acid groups (broad SMARTS) is 1. The number of hydrogen-bond acceptors (Lipinski definition) is 7. The molecule has 186 valence electrons. The minimum atomic E-state index is -0.969. The average Bonchev–Trinajstić information content (AvgIpc) is 2.92. The van der Waals surface area contributed by atoms with E-state index in [0.29, 0.717) is 11.5 Å². The van der Waals surface area contributed by atoms with Crippen LogP contribution in [0.2, 0.25) is 0 Å². The maximum atomic E-state index is 11.0. The van der Waals surface area contributed by atoms with Crippen molar-refractivity contribution in [1.82, 2.24) is 0 Å². The number of ether oxygens (including phenoxy) is 2. The van der Waals surface area contributed by atoms with Gasteiger partial charge in [-0.05, 0) is 77.9 Å². The van der Waals surface area contributed by atoms with Crippen LogP contribution in [0.1, 0.15) is 21.5 Å². The number of aromatic carboxylic acids is 1. The van der Waals surface area contributed by atoms with Crippen molar-refractivity contribution < 1.29 is 24.3 Å². The number of nitro groups is 1. The van der Waals surface area contributed by atoms with Crippen molar-refractivity contribution in [1.29, 1.82) is 0 Å². The number of nitro benzene ring substituents is 1. The third kappa shape index (κ3) is 6.96. The van der Waals surface area contributed by atoms with E-state index in [1.165, 1.54) is 23.9 Å². The number of carboxylic acids is 1. The van der Waals surface area contributed by atoms with Gasteiger partial charge >= 0.3 is 5.97 Å². The molecule has 0 bridgehead atoms. The Hall–Kier alpha value is -4.63. The molecule has 0 atom stereocenters. The summed E-state index contributed by atoms with van der Waals surface area (Å²) < 4.78 is 11.3. The molecule has 0 aromatic heterocycles. The van der Waals surface area contributed by atoms with Gasteiger partial charge in [-0.3, -0.25) is 15.1 Å². The summed E-state index contributed by atoms with van der Waals surface area (Å²) in [6.07, 6.45) is 1.73. The molecule has 37 heavy (non-hydrogen) atoms. The normalized spacial score (nSPS) is 10.8. The van der Waals surface area contributed by atoms with Crippen molar-refractivity contribution in [3.05, 3.63) is 118 Å². The van der Waals surface area contributed by atoms with Gasteiger partial charge in [-0.1, -0.05) is 23.9 Å². The number of nitrogens with zero attached hydrogens (tertiary/aromatic N) is 2. The van der Waals surface area contributed by atoms with E-state index in [4.69, 9.17) is 14.6 Å². The molecule has 0 saturated heterocycles. The smallest absolute Gasteiger partial charge is 0.335 e. The Bertz CT molecular complexity index is 1420. The predicted octanol–water partition coefficient (Wildman–Crippen LogP) is 6.78. The first-order valence-corrected chi connectivity index (χ1v) is 11.9. The van der Waals surface area contributed by atoms with E-state index in [1.54, 1.807) is 55.8 Å². The number of non-ortho nitro benzene ring substituents is 1. The summed E-state index contributed by atoms with van der Waals surface area (Å²) in [7, 11) is 1.56. The third-order valence-corrected chi connectivity index (χ3v) is 6.28. The first-order valence-electron chi connectivity index (χ1n) is 11.1. The summed E-state index contributed by atoms with van der Waals surface area (Å²) in [5.41, 5.74) is 2.74. The summed E-state index contributed by atoms with van der Waals surface area (Å²) >= 11 is 1.51. The lowest BCUT2D eigenvalue weighted by atomic mass is 10.1. The predicted molar refractivity (Wildman–Crippen MR) is 142 cm³/mol. The fourth-order valence-electron chi connectivity index (χ4n) is 3.31. The van der Waals surface area contributed by atoms with Crippen LogP contribution in [-0.4, -0.2) is 29.3 Å². The lowest BCUT2D eigenvalue weighted by Gasteiger charge is -2.11. The SMILES string of the molecule is COc1cc(C=Nc2ccc(Sc3ccc([N+](=O)[O-])cc3)cc2)ccc1OCc1ccc(C(=O)O)cc1. The molecule has 8 nitrogen and oxygen atoms in total. The standard InChI is InChI=1S/C28H22N2O6S/c1-35-27-16-20(4-15-26(27)36-18-19-2-5-21(6-3-19)28(31)32)17-29-22-7-11-24(12-8-22)37-25-13-9-23(10-14-25)30(33)34/h2-17H,18H2,1H3,(H,31,32). The lowest BCUT2D eigenvalue weighted by Crippen LogP contribution is -2.00. The van der Waals surface area contributed by atoms with E-state index in [0.717, 1.165) is 26.6 Å². The zero-order valence-electron chi connectivity index (χ0n) is 19.7. The van der Waals surface area contributed by atoms with Gasteiger partial charge in [-0.2, -0.15) is 0 Å². The summed E-state index contributed by atoms with van der Waals surface area (Å²) in [5, 5.41) is 19.8. The van der Waals surface area contributed by atoms with E-state index in [1.807, 2.05) is 36.4 Å². The molecule has 9 heteroatoms. The number of benzene rings is 4. The molecular weight excluding hydrogens is 492 g/mol. The fourth-order valence-corrected chi connectivity index (χ4v) is 4.13. The van der Waals surface area contributed by atoms with Crippen LogP contribution < -0.4 is 9.47 Å². The molecule has 4 aromatic carbocycles. The number of carbonyl (C=O) groups is 1. The molecule has 0 radical (unpaired) electrons. The molecule has 0 amide bonds. The van der Waals surface area contributed by atoms with Gasteiger partial charge < -0.3 is 14.6 Å². The summed E-state index contributed by atoms with van der Waals surface area (Å²) in [6.45, 7) is 0.272. The molecule has 0 heterocycles. The van der Waals surface area contributed by atoms with Crippen LogP contribution in [0.5, 0.6) is 11.5 Å². The third-order valence-electron chi connectivity index (χ3n) is 5.27. The van der Waals surface area contributed by atoms with Gasteiger partial charge in [0.2, 0.25) is 0 Å². The fraction of sp³-hybridized carbons (Fsp3) is 0.0714. The Balaban J connectivity index is 1.36. The molecule has 0 aliphatic carbocycles. The van der Waals surface area contributed by atoms with E-state index in [2.05, 4.69) is 4.99 Å². The highest BCUT2D eigenvalue weighted by molar-refractivity contribution is 7.99. The molecule has 0 saturated carbocycles. The Morgan fingerprint density at radius 1 is 0.946 bits per heavy atom. The molecule has 4 rings (SSSR count). The zero-order valence-corrected chi connectivity index (χ0v) is 20.6. The van der Waals surface area contributed by atoms with Crippen LogP contribution in [0.3, 0.4) is 0 Å². The number of methoxy groups -OCH3 is 1. The molecule has 0 fully saturated rings. The van der Waals surface area contributed by atoms with Gasteiger partial charge in [0.05, 0.1) is 23.3 Å². The minimum absolute atomic E-state index is 0.0672. The van der Waals surface area contributed by atoms with Crippen molar-refractivity contribution >= 4 is 35.3 Å². The molecule has 4 aromatic rings. The van der Waals surface area contributed by atoms with Crippen LogP contribution >= 0.6 is 11.8 Å². The topological polar surface area (TPSA) is 111 Å². The highest BCUT2D eigenvalue weighted by Crippen LogP contribution is 2.31. The minimum Gasteiger partial charge on any atom is -0.493 e. The molecular formula is C28H22N2O6S. The van der Waals surface area contributed by atoms with Gasteiger partial charge in [-0.15, -0.1) is 0 Å². The van der Waals surface area contributed by atoms with Crippen LogP contribution in [0.4, 0.5) is 11.4 Å². The van der Waals surface area contributed by atoms with Crippen LogP contribution in [0.25, 0.3) is 0 Å². The second kappa shape index (κ2) is 11.9. The highest BCUT2D eigenvalue weighted by Gasteiger charge is 2.08. The van der Waals surface area contributed by atoms with Gasteiger partial charge in [0.1, 0.15) is 6.61 Å². The Kier molecular flexibility index (Phi) is 8.17.